The third-order valence-corrected chi connectivity index (χ3v) is 9.61. The maximum Gasteiger partial charge on any atom is 0.345 e. The molecular formula is C25H36O7. The van der Waals surface area contributed by atoms with Crippen molar-refractivity contribution in [3.63, 3.8) is 0 Å². The molecule has 0 heterocycles. The van der Waals surface area contributed by atoms with E-state index in [9.17, 15) is 24.3 Å². The van der Waals surface area contributed by atoms with Crippen molar-refractivity contribution < 1.29 is 33.8 Å². The highest BCUT2D eigenvalue weighted by molar-refractivity contribution is 5.85. The standard InChI is InChI=1S/C25H36O7/c1-13(26)31-16-9-10-24(3)15(11-16)5-6-17-18-7-8-19(22(23(29)30)32-14(2)27)25(18,4)12-20(28)21(17)24/h15-19,21-22H,5-12H2,1-4H3,(H,29,30)/t15-,16-,17+,18-,19+,21+,22+,24+,25-/m1/s1. The molecule has 4 fully saturated rings. The van der Waals surface area contributed by atoms with E-state index < -0.39 is 23.5 Å². The summed E-state index contributed by atoms with van der Waals surface area (Å²) in [5.74, 6) is -1.22. The lowest BCUT2D eigenvalue weighted by Gasteiger charge is -2.60. The van der Waals surface area contributed by atoms with Crippen molar-refractivity contribution in [2.45, 2.75) is 91.3 Å². The van der Waals surface area contributed by atoms with E-state index in [1.54, 1.807) is 0 Å². The molecular weight excluding hydrogens is 412 g/mol. The zero-order valence-corrected chi connectivity index (χ0v) is 19.6. The first-order valence-corrected chi connectivity index (χ1v) is 12.1. The highest BCUT2D eigenvalue weighted by Gasteiger charge is 2.65. The van der Waals surface area contributed by atoms with E-state index in [1.165, 1.54) is 13.8 Å². The number of hydrogen-bond acceptors (Lipinski definition) is 6. The minimum atomic E-state index is -1.20. The lowest BCUT2D eigenvalue weighted by Crippen LogP contribution is -2.58. The zero-order chi connectivity index (χ0) is 23.4. The van der Waals surface area contributed by atoms with Crippen LogP contribution in [0.4, 0.5) is 0 Å². The van der Waals surface area contributed by atoms with Crippen LogP contribution in [-0.2, 0) is 28.7 Å². The summed E-state index contributed by atoms with van der Waals surface area (Å²) in [5.41, 5.74) is -0.562. The molecule has 4 aliphatic rings. The van der Waals surface area contributed by atoms with Crippen molar-refractivity contribution in [1.29, 1.82) is 0 Å². The van der Waals surface area contributed by atoms with E-state index in [0.29, 0.717) is 18.8 Å². The molecule has 0 spiro atoms. The largest absolute Gasteiger partial charge is 0.478 e. The Kier molecular flexibility index (Phi) is 5.91. The Balaban J connectivity index is 1.59. The molecule has 32 heavy (non-hydrogen) atoms. The van der Waals surface area contributed by atoms with Crippen LogP contribution in [0.15, 0.2) is 0 Å². The van der Waals surface area contributed by atoms with Gasteiger partial charge in [-0.25, -0.2) is 4.79 Å². The maximum absolute atomic E-state index is 13.7. The van der Waals surface area contributed by atoms with Crippen LogP contribution in [0.1, 0.15) is 79.1 Å². The fraction of sp³-hybridized carbons (Fsp3) is 0.840. The van der Waals surface area contributed by atoms with Crippen LogP contribution in [0.2, 0.25) is 0 Å². The summed E-state index contributed by atoms with van der Waals surface area (Å²) in [6.07, 6.45) is 5.08. The van der Waals surface area contributed by atoms with Gasteiger partial charge < -0.3 is 14.6 Å². The maximum atomic E-state index is 13.7. The topological polar surface area (TPSA) is 107 Å². The van der Waals surface area contributed by atoms with Crippen molar-refractivity contribution >= 4 is 23.7 Å². The van der Waals surface area contributed by atoms with E-state index in [2.05, 4.69) is 13.8 Å². The van der Waals surface area contributed by atoms with Crippen molar-refractivity contribution in [3.8, 4) is 0 Å². The Labute approximate surface area is 189 Å². The van der Waals surface area contributed by atoms with Gasteiger partial charge in [-0.1, -0.05) is 13.8 Å². The summed E-state index contributed by atoms with van der Waals surface area (Å²) in [6.45, 7) is 6.99. The molecule has 0 unspecified atom stereocenters. The van der Waals surface area contributed by atoms with Crippen LogP contribution >= 0.6 is 0 Å². The number of carbonyl (C=O) groups excluding carboxylic acids is 3. The molecule has 0 aromatic heterocycles. The SMILES string of the molecule is CC(=O)O[C@@H]1CC[C@@]2(C)[C@H](CC[C@H]3[C@H]4CC[C@@H]([C@H](OC(C)=O)C(=O)O)[C@]4(C)CC(=O)[C@H]32)C1. The molecule has 178 valence electrons. The summed E-state index contributed by atoms with van der Waals surface area (Å²) in [6, 6.07) is 0. The van der Waals surface area contributed by atoms with Crippen molar-refractivity contribution in [3.05, 3.63) is 0 Å². The third-order valence-electron chi connectivity index (χ3n) is 9.61. The van der Waals surface area contributed by atoms with Gasteiger partial charge in [0.1, 0.15) is 11.9 Å². The molecule has 7 heteroatoms. The molecule has 4 aliphatic carbocycles. The van der Waals surface area contributed by atoms with Crippen LogP contribution in [0.5, 0.6) is 0 Å². The Bertz CT molecular complexity index is 821. The highest BCUT2D eigenvalue weighted by atomic mass is 16.6. The summed E-state index contributed by atoms with van der Waals surface area (Å²) < 4.78 is 10.7. The van der Waals surface area contributed by atoms with Crippen LogP contribution in [0, 0.1) is 40.4 Å². The number of esters is 2. The number of Topliss-reactive ketones (excluding diaryl/α,β-unsaturated/α-hetero) is 1. The minimum Gasteiger partial charge on any atom is -0.478 e. The second-order valence-corrected chi connectivity index (χ2v) is 11.2. The minimum absolute atomic E-state index is 0.0200. The average molecular weight is 449 g/mol. The number of ketones is 1. The average Bonchev–Trinajstić information content (AvgIpc) is 3.01. The van der Waals surface area contributed by atoms with Crippen LogP contribution in [-0.4, -0.2) is 41.0 Å². The van der Waals surface area contributed by atoms with Gasteiger partial charge in [0.05, 0.1) is 0 Å². The van der Waals surface area contributed by atoms with Gasteiger partial charge in [0.15, 0.2) is 0 Å². The molecule has 4 saturated carbocycles. The number of carbonyl (C=O) groups is 4. The molecule has 1 N–H and O–H groups in total. The molecule has 9 atom stereocenters. The predicted octanol–water partition coefficient (Wildman–Crippen LogP) is 3.77. The highest BCUT2D eigenvalue weighted by Crippen LogP contribution is 2.67. The van der Waals surface area contributed by atoms with E-state index in [4.69, 9.17) is 9.47 Å². The van der Waals surface area contributed by atoms with E-state index in [-0.39, 0.29) is 46.9 Å². The van der Waals surface area contributed by atoms with Gasteiger partial charge >= 0.3 is 17.9 Å². The van der Waals surface area contributed by atoms with Crippen molar-refractivity contribution in [2.24, 2.45) is 40.4 Å². The van der Waals surface area contributed by atoms with Gasteiger partial charge in [0, 0.05) is 32.1 Å². The van der Waals surface area contributed by atoms with E-state index >= 15 is 0 Å². The Morgan fingerprint density at radius 3 is 2.34 bits per heavy atom. The summed E-state index contributed by atoms with van der Waals surface area (Å²) in [4.78, 5) is 48.7. The van der Waals surface area contributed by atoms with E-state index in [0.717, 1.165) is 38.5 Å². The molecule has 0 radical (unpaired) electrons. The summed E-state index contributed by atoms with van der Waals surface area (Å²) in [7, 11) is 0. The first-order chi connectivity index (χ1) is 15.0. The molecule has 4 rings (SSSR count). The van der Waals surface area contributed by atoms with Gasteiger partial charge in [0.2, 0.25) is 6.10 Å². The van der Waals surface area contributed by atoms with Crippen molar-refractivity contribution in [1.82, 2.24) is 0 Å². The number of rotatable bonds is 4. The fourth-order valence-electron chi connectivity index (χ4n) is 8.39. The molecule has 0 aromatic rings. The monoisotopic (exact) mass is 448 g/mol. The molecule has 0 aromatic carbocycles. The molecule has 0 amide bonds. The second-order valence-electron chi connectivity index (χ2n) is 11.2. The van der Waals surface area contributed by atoms with Crippen LogP contribution in [0.3, 0.4) is 0 Å². The van der Waals surface area contributed by atoms with Crippen molar-refractivity contribution in [2.75, 3.05) is 0 Å². The Morgan fingerprint density at radius 1 is 1.00 bits per heavy atom. The van der Waals surface area contributed by atoms with Gasteiger partial charge in [-0.15, -0.1) is 0 Å². The first-order valence-electron chi connectivity index (χ1n) is 12.1. The number of carboxylic acids is 1. The number of fused-ring (bicyclic) bond motifs is 5. The smallest absolute Gasteiger partial charge is 0.345 e. The lowest BCUT2D eigenvalue weighted by molar-refractivity contribution is -0.179. The third kappa shape index (κ3) is 3.65. The summed E-state index contributed by atoms with van der Waals surface area (Å²) >= 11 is 0. The quantitative estimate of drug-likeness (QED) is 0.652. The van der Waals surface area contributed by atoms with E-state index in [1.807, 2.05) is 0 Å². The number of hydrogen-bond donors (Lipinski definition) is 1. The Morgan fingerprint density at radius 2 is 1.72 bits per heavy atom. The number of carboxylic acid groups (broad SMARTS) is 1. The Hall–Kier alpha value is -1.92. The van der Waals surface area contributed by atoms with Gasteiger partial charge in [-0.05, 0) is 73.5 Å². The van der Waals surface area contributed by atoms with Crippen LogP contribution < -0.4 is 0 Å². The summed E-state index contributed by atoms with van der Waals surface area (Å²) in [5, 5.41) is 9.77. The fourth-order valence-corrected chi connectivity index (χ4v) is 8.39. The predicted molar refractivity (Wildman–Crippen MR) is 114 cm³/mol. The van der Waals surface area contributed by atoms with Gasteiger partial charge in [0.25, 0.3) is 0 Å². The van der Waals surface area contributed by atoms with Gasteiger partial charge in [-0.2, -0.15) is 0 Å². The molecule has 7 nitrogen and oxygen atoms in total. The lowest BCUT2D eigenvalue weighted by atomic mass is 9.44. The second kappa shape index (κ2) is 8.14. The molecule has 0 bridgehead atoms. The van der Waals surface area contributed by atoms with Gasteiger partial charge in [-0.3, -0.25) is 14.4 Å². The normalized spacial score (nSPS) is 43.9. The zero-order valence-electron chi connectivity index (χ0n) is 19.6. The van der Waals surface area contributed by atoms with Crippen LogP contribution in [0.25, 0.3) is 0 Å². The first kappa shape index (κ1) is 23.2. The molecule has 0 aliphatic heterocycles. The number of aliphatic carboxylic acids is 1. The molecule has 0 saturated heterocycles. The number of ether oxygens (including phenoxy) is 2.